The summed E-state index contributed by atoms with van der Waals surface area (Å²) >= 11 is 1.74. The van der Waals surface area contributed by atoms with E-state index < -0.39 is 5.97 Å². The van der Waals surface area contributed by atoms with Crippen LogP contribution >= 0.6 is 11.8 Å². The molecular weight excluding hydrogens is 348 g/mol. The first-order valence-corrected chi connectivity index (χ1v) is 10.3. The second-order valence-corrected chi connectivity index (χ2v) is 7.74. The van der Waals surface area contributed by atoms with Crippen LogP contribution < -0.4 is 10.7 Å². The van der Waals surface area contributed by atoms with Gasteiger partial charge < -0.3 is 14.6 Å². The van der Waals surface area contributed by atoms with Crippen molar-refractivity contribution in [3.8, 4) is 0 Å². The molecule has 1 aliphatic rings. The highest BCUT2D eigenvalue weighted by atomic mass is 32.2. The maximum absolute atomic E-state index is 13.0. The summed E-state index contributed by atoms with van der Waals surface area (Å²) in [7, 11) is 0. The van der Waals surface area contributed by atoms with E-state index in [1.165, 1.54) is 5.56 Å². The average Bonchev–Trinajstić information content (AvgIpc) is 2.63. The standard InChI is InChI=1S/C20H26N2O3S/c1-4-21-8-9-26-15-10-14-7-6-13(3)22-12-17(20(24)25-5-2)19(23)16(11-15)18(14)22/h10-13,21H,4-9H2,1-3H3/t13-/m1/s1. The molecule has 0 saturated heterocycles. The van der Waals surface area contributed by atoms with Crippen LogP contribution in [0.1, 0.15) is 49.2 Å². The smallest absolute Gasteiger partial charge is 0.343 e. The van der Waals surface area contributed by atoms with Crippen molar-refractivity contribution in [3.63, 3.8) is 0 Å². The van der Waals surface area contributed by atoms with E-state index in [0.717, 1.165) is 42.1 Å². The molecule has 6 heteroatoms. The minimum Gasteiger partial charge on any atom is -0.462 e. The van der Waals surface area contributed by atoms with Gasteiger partial charge in [0, 0.05) is 34.8 Å². The number of ether oxygens (including phenoxy) is 1. The fraction of sp³-hybridized carbons (Fsp3) is 0.500. The quantitative estimate of drug-likeness (QED) is 0.457. The molecule has 26 heavy (non-hydrogen) atoms. The van der Waals surface area contributed by atoms with Crippen LogP contribution in [0.15, 0.2) is 28.0 Å². The second kappa shape index (κ2) is 8.27. The van der Waals surface area contributed by atoms with Crippen LogP contribution in [0, 0.1) is 0 Å². The number of aromatic nitrogens is 1. The third kappa shape index (κ3) is 3.67. The van der Waals surface area contributed by atoms with Gasteiger partial charge in [-0.15, -0.1) is 11.8 Å². The van der Waals surface area contributed by atoms with Crippen molar-refractivity contribution in [1.29, 1.82) is 0 Å². The summed E-state index contributed by atoms with van der Waals surface area (Å²) in [5.41, 5.74) is 2.07. The number of carbonyl (C=O) groups excluding carboxylic acids is 1. The highest BCUT2D eigenvalue weighted by molar-refractivity contribution is 7.99. The van der Waals surface area contributed by atoms with E-state index in [0.29, 0.717) is 5.39 Å². The van der Waals surface area contributed by atoms with E-state index in [1.54, 1.807) is 24.9 Å². The number of nitrogens with one attached hydrogen (secondary N) is 1. The summed E-state index contributed by atoms with van der Waals surface area (Å²) in [4.78, 5) is 26.3. The van der Waals surface area contributed by atoms with Crippen molar-refractivity contribution in [2.45, 2.75) is 44.6 Å². The monoisotopic (exact) mass is 374 g/mol. The van der Waals surface area contributed by atoms with Gasteiger partial charge in [0.25, 0.3) is 0 Å². The maximum atomic E-state index is 13.0. The molecule has 0 spiro atoms. The Morgan fingerprint density at radius 2 is 2.19 bits per heavy atom. The summed E-state index contributed by atoms with van der Waals surface area (Å²) in [6.45, 7) is 8.11. The highest BCUT2D eigenvalue weighted by Crippen LogP contribution is 2.33. The lowest BCUT2D eigenvalue weighted by Crippen LogP contribution is -2.25. The summed E-state index contributed by atoms with van der Waals surface area (Å²) < 4.78 is 7.18. The fourth-order valence-electron chi connectivity index (χ4n) is 3.45. The van der Waals surface area contributed by atoms with Gasteiger partial charge in [0.1, 0.15) is 5.56 Å². The van der Waals surface area contributed by atoms with Gasteiger partial charge in [0.15, 0.2) is 0 Å². The van der Waals surface area contributed by atoms with E-state index in [1.807, 2.05) is 6.07 Å². The zero-order valence-corrected chi connectivity index (χ0v) is 16.4. The number of hydrogen-bond acceptors (Lipinski definition) is 5. The van der Waals surface area contributed by atoms with E-state index in [9.17, 15) is 9.59 Å². The van der Waals surface area contributed by atoms with Gasteiger partial charge in [-0.05, 0) is 50.9 Å². The van der Waals surface area contributed by atoms with E-state index in [2.05, 4.69) is 29.8 Å². The van der Waals surface area contributed by atoms with Gasteiger partial charge in [-0.2, -0.15) is 0 Å². The molecule has 140 valence electrons. The number of nitrogens with zero attached hydrogens (tertiary/aromatic N) is 1. The molecule has 0 amide bonds. The molecule has 0 saturated carbocycles. The maximum Gasteiger partial charge on any atom is 0.343 e. The van der Waals surface area contributed by atoms with Crippen LogP contribution in [0.25, 0.3) is 10.9 Å². The normalized spacial score (nSPS) is 16.0. The van der Waals surface area contributed by atoms with Gasteiger partial charge in [-0.3, -0.25) is 4.79 Å². The first-order chi connectivity index (χ1) is 12.6. The summed E-state index contributed by atoms with van der Waals surface area (Å²) in [6.07, 6.45) is 3.64. The Bertz CT molecular complexity index is 875. The lowest BCUT2D eigenvalue weighted by Gasteiger charge is -2.27. The lowest BCUT2D eigenvalue weighted by atomic mass is 9.96. The number of rotatable bonds is 7. The van der Waals surface area contributed by atoms with Gasteiger partial charge >= 0.3 is 5.97 Å². The molecule has 1 N–H and O–H groups in total. The summed E-state index contributed by atoms with van der Waals surface area (Å²) in [5, 5.41) is 3.94. The predicted octanol–water partition coefficient (Wildman–Crippen LogP) is 3.39. The average molecular weight is 375 g/mol. The van der Waals surface area contributed by atoms with E-state index >= 15 is 0 Å². The SMILES string of the molecule is CCNCCSc1cc2c3c(c1)c(=O)c(C(=O)OCC)cn3[C@H](C)CC2. The predicted molar refractivity (Wildman–Crippen MR) is 106 cm³/mol. The summed E-state index contributed by atoms with van der Waals surface area (Å²) in [6, 6.07) is 4.39. The minimum atomic E-state index is -0.535. The Labute approximate surface area is 158 Å². The molecule has 3 rings (SSSR count). The van der Waals surface area contributed by atoms with Gasteiger partial charge in [-0.25, -0.2) is 4.79 Å². The Kier molecular flexibility index (Phi) is 6.04. The summed E-state index contributed by atoms with van der Waals surface area (Å²) in [5.74, 6) is 0.411. The number of pyridine rings is 1. The molecule has 1 atom stereocenters. The van der Waals surface area contributed by atoms with Gasteiger partial charge in [0.05, 0.1) is 12.1 Å². The largest absolute Gasteiger partial charge is 0.462 e. The van der Waals surface area contributed by atoms with Crippen LogP contribution in [0.5, 0.6) is 0 Å². The Morgan fingerprint density at radius 1 is 1.38 bits per heavy atom. The van der Waals surface area contributed by atoms with Crippen LogP contribution in [0.4, 0.5) is 0 Å². The number of aryl methyl sites for hydroxylation is 1. The topological polar surface area (TPSA) is 60.3 Å². The molecule has 0 unspecified atom stereocenters. The van der Waals surface area contributed by atoms with Crippen LogP contribution in [0.2, 0.25) is 0 Å². The first kappa shape index (κ1) is 19.0. The van der Waals surface area contributed by atoms with E-state index in [4.69, 9.17) is 4.74 Å². The van der Waals surface area contributed by atoms with Gasteiger partial charge in [-0.1, -0.05) is 6.92 Å². The molecule has 1 aromatic heterocycles. The zero-order valence-electron chi connectivity index (χ0n) is 15.6. The van der Waals surface area contributed by atoms with Crippen molar-refractivity contribution in [2.24, 2.45) is 0 Å². The fourth-order valence-corrected chi connectivity index (χ4v) is 4.36. The zero-order chi connectivity index (χ0) is 18.7. The Balaban J connectivity index is 2.10. The number of thioether (sulfide) groups is 1. The van der Waals surface area contributed by atoms with Crippen LogP contribution in [-0.2, 0) is 11.2 Å². The van der Waals surface area contributed by atoms with Crippen molar-refractivity contribution in [2.75, 3.05) is 25.4 Å². The molecular formula is C20H26N2O3S. The van der Waals surface area contributed by atoms with Crippen molar-refractivity contribution < 1.29 is 9.53 Å². The second-order valence-electron chi connectivity index (χ2n) is 6.57. The third-order valence-corrected chi connectivity index (χ3v) is 5.75. The molecule has 2 aromatic rings. The molecule has 0 bridgehead atoms. The van der Waals surface area contributed by atoms with Crippen LogP contribution in [0.3, 0.4) is 0 Å². The van der Waals surface area contributed by atoms with Crippen molar-refractivity contribution >= 4 is 28.6 Å². The number of carbonyl (C=O) groups is 1. The Hall–Kier alpha value is -1.79. The van der Waals surface area contributed by atoms with E-state index in [-0.39, 0.29) is 23.6 Å². The minimum absolute atomic E-state index is 0.133. The molecule has 2 heterocycles. The molecule has 5 nitrogen and oxygen atoms in total. The number of esters is 1. The molecule has 0 aliphatic carbocycles. The van der Waals surface area contributed by atoms with Crippen molar-refractivity contribution in [3.05, 3.63) is 39.7 Å². The molecule has 1 aliphatic heterocycles. The number of hydrogen-bond donors (Lipinski definition) is 1. The molecule has 0 fully saturated rings. The lowest BCUT2D eigenvalue weighted by molar-refractivity contribution is 0.0524. The molecule has 0 radical (unpaired) electrons. The molecule has 1 aromatic carbocycles. The Morgan fingerprint density at radius 3 is 2.92 bits per heavy atom. The van der Waals surface area contributed by atoms with Gasteiger partial charge in [0.2, 0.25) is 5.43 Å². The number of benzene rings is 1. The highest BCUT2D eigenvalue weighted by Gasteiger charge is 2.24. The first-order valence-electron chi connectivity index (χ1n) is 9.29. The van der Waals surface area contributed by atoms with Crippen molar-refractivity contribution in [1.82, 2.24) is 9.88 Å². The third-order valence-electron chi connectivity index (χ3n) is 4.78. The van der Waals surface area contributed by atoms with Crippen LogP contribution in [-0.4, -0.2) is 36.0 Å².